The van der Waals surface area contributed by atoms with Crippen molar-refractivity contribution in [1.29, 1.82) is 0 Å². The third kappa shape index (κ3) is 2.46. The van der Waals surface area contributed by atoms with Crippen LogP contribution >= 0.6 is 15.9 Å². The summed E-state index contributed by atoms with van der Waals surface area (Å²) < 4.78 is 40.5. The summed E-state index contributed by atoms with van der Waals surface area (Å²) in [6, 6.07) is 3.95. The van der Waals surface area contributed by atoms with Crippen LogP contribution in [0.1, 0.15) is 20.3 Å². The molecule has 1 fully saturated rings. The Hall–Kier alpha value is -0.460. The molecule has 6 heteroatoms. The third-order valence-corrected chi connectivity index (χ3v) is 5.71. The molecule has 0 aliphatic carbocycles. The van der Waals surface area contributed by atoms with Crippen molar-refractivity contribution in [2.75, 3.05) is 6.54 Å². The van der Waals surface area contributed by atoms with Crippen LogP contribution in [0.3, 0.4) is 0 Å². The number of sulfonamides is 1. The lowest BCUT2D eigenvalue weighted by molar-refractivity contribution is 0.402. The molecule has 0 spiro atoms. The molecule has 1 aromatic carbocycles. The average Bonchev–Trinajstić information content (AvgIpc) is 2.57. The standard InChI is InChI=1S/C12H15BrFNO2S/c1-8-5-9(2)15(7-8)18(16,17)12-4-3-10(13)6-11(12)14/h3-4,6,8-9H,5,7H2,1-2H3. The first-order valence-corrected chi connectivity index (χ1v) is 8.02. The molecule has 1 aliphatic rings. The minimum atomic E-state index is -3.73. The molecule has 0 amide bonds. The fourth-order valence-corrected chi connectivity index (χ4v) is 4.55. The van der Waals surface area contributed by atoms with E-state index in [-0.39, 0.29) is 10.9 Å². The van der Waals surface area contributed by atoms with Gasteiger partial charge in [0.15, 0.2) is 0 Å². The minimum Gasteiger partial charge on any atom is -0.207 e. The van der Waals surface area contributed by atoms with Crippen molar-refractivity contribution in [3.05, 3.63) is 28.5 Å². The van der Waals surface area contributed by atoms with Gasteiger partial charge in [-0.3, -0.25) is 0 Å². The van der Waals surface area contributed by atoms with Gasteiger partial charge in [0.25, 0.3) is 0 Å². The highest BCUT2D eigenvalue weighted by Crippen LogP contribution is 2.30. The van der Waals surface area contributed by atoms with Crippen LogP contribution in [0.5, 0.6) is 0 Å². The summed E-state index contributed by atoms with van der Waals surface area (Å²) in [5.74, 6) is -0.399. The molecule has 1 aromatic rings. The van der Waals surface area contributed by atoms with Crippen LogP contribution in [0.25, 0.3) is 0 Å². The van der Waals surface area contributed by atoms with Crippen LogP contribution in [-0.4, -0.2) is 25.3 Å². The highest BCUT2D eigenvalue weighted by molar-refractivity contribution is 9.10. The highest BCUT2D eigenvalue weighted by Gasteiger charge is 2.37. The molecule has 1 heterocycles. The summed E-state index contributed by atoms with van der Waals surface area (Å²) >= 11 is 3.12. The largest absolute Gasteiger partial charge is 0.246 e. The van der Waals surface area contributed by atoms with Crippen molar-refractivity contribution in [1.82, 2.24) is 4.31 Å². The van der Waals surface area contributed by atoms with E-state index in [2.05, 4.69) is 15.9 Å². The van der Waals surface area contributed by atoms with Gasteiger partial charge in [-0.15, -0.1) is 0 Å². The van der Waals surface area contributed by atoms with Crippen LogP contribution in [0.15, 0.2) is 27.6 Å². The van der Waals surface area contributed by atoms with E-state index in [4.69, 9.17) is 0 Å². The molecule has 3 nitrogen and oxygen atoms in total. The van der Waals surface area contributed by atoms with Gasteiger partial charge >= 0.3 is 0 Å². The third-order valence-electron chi connectivity index (χ3n) is 3.21. The Kier molecular flexibility index (Phi) is 3.80. The molecule has 0 aromatic heterocycles. The van der Waals surface area contributed by atoms with Crippen molar-refractivity contribution < 1.29 is 12.8 Å². The molecular weight excluding hydrogens is 321 g/mol. The zero-order chi connectivity index (χ0) is 13.5. The van der Waals surface area contributed by atoms with E-state index in [0.29, 0.717) is 16.9 Å². The van der Waals surface area contributed by atoms with Crippen LogP contribution in [-0.2, 0) is 10.0 Å². The number of hydrogen-bond donors (Lipinski definition) is 0. The average molecular weight is 336 g/mol. The second kappa shape index (κ2) is 4.90. The van der Waals surface area contributed by atoms with Gasteiger partial charge in [0.05, 0.1) is 0 Å². The Bertz CT molecular complexity index is 561. The quantitative estimate of drug-likeness (QED) is 0.833. The van der Waals surface area contributed by atoms with Crippen molar-refractivity contribution in [2.45, 2.75) is 31.2 Å². The molecule has 0 N–H and O–H groups in total. The van der Waals surface area contributed by atoms with E-state index in [9.17, 15) is 12.8 Å². The maximum Gasteiger partial charge on any atom is 0.246 e. The van der Waals surface area contributed by atoms with E-state index in [1.807, 2.05) is 13.8 Å². The van der Waals surface area contributed by atoms with Gasteiger partial charge in [0.2, 0.25) is 10.0 Å². The Balaban J connectivity index is 2.42. The second-order valence-electron chi connectivity index (χ2n) is 4.84. The fraction of sp³-hybridized carbons (Fsp3) is 0.500. The normalized spacial score (nSPS) is 25.6. The Morgan fingerprint density at radius 2 is 2.06 bits per heavy atom. The molecule has 1 aliphatic heterocycles. The topological polar surface area (TPSA) is 37.4 Å². The molecule has 2 unspecified atom stereocenters. The summed E-state index contributed by atoms with van der Waals surface area (Å²) in [4.78, 5) is -0.244. The van der Waals surface area contributed by atoms with E-state index in [0.717, 1.165) is 6.42 Å². The molecular formula is C12H15BrFNO2S. The minimum absolute atomic E-state index is 0.0759. The molecule has 2 rings (SSSR count). The van der Waals surface area contributed by atoms with Crippen molar-refractivity contribution >= 4 is 26.0 Å². The van der Waals surface area contributed by atoms with E-state index in [1.165, 1.54) is 16.4 Å². The van der Waals surface area contributed by atoms with Crippen LogP contribution in [0.2, 0.25) is 0 Å². The predicted octanol–water partition coefficient (Wildman–Crippen LogP) is 3.01. The van der Waals surface area contributed by atoms with Gasteiger partial charge < -0.3 is 0 Å². The first-order chi connectivity index (χ1) is 8.32. The van der Waals surface area contributed by atoms with Gasteiger partial charge in [-0.2, -0.15) is 4.31 Å². The van der Waals surface area contributed by atoms with Crippen LogP contribution in [0, 0.1) is 11.7 Å². The Labute approximate surface area is 115 Å². The highest BCUT2D eigenvalue weighted by atomic mass is 79.9. The number of benzene rings is 1. The van der Waals surface area contributed by atoms with Gasteiger partial charge in [-0.05, 0) is 37.5 Å². The van der Waals surface area contributed by atoms with E-state index in [1.54, 1.807) is 6.07 Å². The molecule has 100 valence electrons. The number of rotatable bonds is 2. The smallest absolute Gasteiger partial charge is 0.207 e. The second-order valence-corrected chi connectivity index (χ2v) is 7.61. The summed E-state index contributed by atoms with van der Waals surface area (Å²) in [6.45, 7) is 4.32. The zero-order valence-corrected chi connectivity index (χ0v) is 12.6. The van der Waals surface area contributed by atoms with Gasteiger partial charge in [0, 0.05) is 17.1 Å². The SMILES string of the molecule is CC1CC(C)N(S(=O)(=O)c2ccc(Br)cc2F)C1. The first kappa shape index (κ1) is 14.0. The lowest BCUT2D eigenvalue weighted by Crippen LogP contribution is -2.34. The van der Waals surface area contributed by atoms with Crippen molar-refractivity contribution in [2.24, 2.45) is 5.92 Å². The number of hydrogen-bond acceptors (Lipinski definition) is 2. The predicted molar refractivity (Wildman–Crippen MR) is 71.2 cm³/mol. The van der Waals surface area contributed by atoms with Gasteiger partial charge in [-0.25, -0.2) is 12.8 Å². The zero-order valence-electron chi connectivity index (χ0n) is 10.2. The van der Waals surface area contributed by atoms with Gasteiger partial charge in [-0.1, -0.05) is 22.9 Å². The van der Waals surface area contributed by atoms with Crippen molar-refractivity contribution in [3.8, 4) is 0 Å². The lowest BCUT2D eigenvalue weighted by atomic mass is 10.1. The monoisotopic (exact) mass is 335 g/mol. The molecule has 18 heavy (non-hydrogen) atoms. The maximum absolute atomic E-state index is 13.8. The number of nitrogens with zero attached hydrogens (tertiary/aromatic N) is 1. The molecule has 0 bridgehead atoms. The van der Waals surface area contributed by atoms with E-state index < -0.39 is 15.8 Å². The summed E-state index contributed by atoms with van der Waals surface area (Å²) in [5, 5.41) is 0. The summed E-state index contributed by atoms with van der Waals surface area (Å²) in [7, 11) is -3.73. The maximum atomic E-state index is 13.8. The van der Waals surface area contributed by atoms with E-state index >= 15 is 0 Å². The molecule has 1 saturated heterocycles. The number of halogens is 2. The fourth-order valence-electron chi connectivity index (χ4n) is 2.41. The van der Waals surface area contributed by atoms with Crippen LogP contribution in [0.4, 0.5) is 4.39 Å². The van der Waals surface area contributed by atoms with Crippen LogP contribution < -0.4 is 0 Å². The summed E-state index contributed by atoms with van der Waals surface area (Å²) in [5.41, 5.74) is 0. The molecule has 2 atom stereocenters. The Morgan fingerprint density at radius 1 is 1.39 bits per heavy atom. The van der Waals surface area contributed by atoms with Crippen molar-refractivity contribution in [3.63, 3.8) is 0 Å². The molecule has 0 radical (unpaired) electrons. The lowest BCUT2D eigenvalue weighted by Gasteiger charge is -2.21. The first-order valence-electron chi connectivity index (χ1n) is 5.79. The van der Waals surface area contributed by atoms with Gasteiger partial charge in [0.1, 0.15) is 10.7 Å². The Morgan fingerprint density at radius 3 is 2.56 bits per heavy atom. The summed E-state index contributed by atoms with van der Waals surface area (Å²) in [6.07, 6.45) is 0.817. The molecule has 0 saturated carbocycles.